The molecule has 0 radical (unpaired) electrons. The molecule has 1 amide bonds. The van der Waals surface area contributed by atoms with E-state index >= 15 is 0 Å². The quantitative estimate of drug-likeness (QED) is 0.425. The Kier molecular flexibility index (Phi) is 6.01. The van der Waals surface area contributed by atoms with Crippen LogP contribution in [-0.2, 0) is 4.74 Å². The molecule has 1 aliphatic heterocycles. The number of thiazole rings is 1. The Morgan fingerprint density at radius 3 is 2.63 bits per heavy atom. The molecule has 1 saturated heterocycles. The molecule has 0 aliphatic carbocycles. The number of nitro benzene ring substituents is 1. The number of hydrogen-bond donors (Lipinski definition) is 2. The van der Waals surface area contributed by atoms with Crippen molar-refractivity contribution >= 4 is 33.8 Å². The van der Waals surface area contributed by atoms with Crippen molar-refractivity contribution in [2.24, 2.45) is 0 Å². The number of carbonyl (C=O) groups excluding carboxylic acids is 1. The van der Waals surface area contributed by atoms with Gasteiger partial charge in [-0.25, -0.2) is 4.98 Å². The van der Waals surface area contributed by atoms with Crippen molar-refractivity contribution in [3.63, 3.8) is 0 Å². The number of carbonyl (C=O) groups is 1. The summed E-state index contributed by atoms with van der Waals surface area (Å²) in [5, 5.41) is 17.7. The zero-order chi connectivity index (χ0) is 20.9. The molecule has 30 heavy (non-hydrogen) atoms. The Balaban J connectivity index is 1.61. The van der Waals surface area contributed by atoms with Crippen LogP contribution in [-0.4, -0.2) is 35.1 Å². The SMILES string of the molecule is O=C(Nc1ccccc1)c1sc(NCC2CCCO2)nc1-c1ccc([N+](=O)[O-])cc1. The van der Waals surface area contributed by atoms with E-state index in [2.05, 4.69) is 15.6 Å². The molecule has 1 aromatic heterocycles. The summed E-state index contributed by atoms with van der Waals surface area (Å²) < 4.78 is 5.63. The smallest absolute Gasteiger partial charge is 0.269 e. The lowest BCUT2D eigenvalue weighted by Gasteiger charge is -2.09. The van der Waals surface area contributed by atoms with Crippen LogP contribution in [0.1, 0.15) is 22.5 Å². The van der Waals surface area contributed by atoms with Crippen LogP contribution in [0.5, 0.6) is 0 Å². The van der Waals surface area contributed by atoms with E-state index in [0.717, 1.165) is 19.4 Å². The van der Waals surface area contributed by atoms with Gasteiger partial charge in [0.15, 0.2) is 5.13 Å². The van der Waals surface area contributed by atoms with Crippen molar-refractivity contribution in [3.8, 4) is 11.3 Å². The summed E-state index contributed by atoms with van der Waals surface area (Å²) >= 11 is 1.25. The molecule has 3 aromatic rings. The van der Waals surface area contributed by atoms with E-state index in [-0.39, 0.29) is 17.7 Å². The molecule has 1 unspecified atom stereocenters. The second-order valence-electron chi connectivity index (χ2n) is 6.84. The average molecular weight is 424 g/mol. The van der Waals surface area contributed by atoms with Gasteiger partial charge in [0.25, 0.3) is 11.6 Å². The van der Waals surface area contributed by atoms with E-state index in [1.54, 1.807) is 24.3 Å². The Morgan fingerprint density at radius 1 is 1.20 bits per heavy atom. The van der Waals surface area contributed by atoms with Crippen LogP contribution >= 0.6 is 11.3 Å². The Labute approximate surface area is 177 Å². The van der Waals surface area contributed by atoms with Crippen LogP contribution in [0.4, 0.5) is 16.5 Å². The highest BCUT2D eigenvalue weighted by Gasteiger charge is 2.22. The van der Waals surface area contributed by atoms with Gasteiger partial charge in [0, 0.05) is 36.5 Å². The number of amides is 1. The minimum Gasteiger partial charge on any atom is -0.376 e. The number of para-hydroxylation sites is 1. The molecule has 8 nitrogen and oxygen atoms in total. The number of ether oxygens (including phenoxy) is 1. The van der Waals surface area contributed by atoms with E-state index in [0.29, 0.717) is 33.5 Å². The molecule has 1 aliphatic rings. The largest absolute Gasteiger partial charge is 0.376 e. The molecular weight excluding hydrogens is 404 g/mol. The number of benzene rings is 2. The second kappa shape index (κ2) is 9.02. The first kappa shape index (κ1) is 20.0. The molecule has 154 valence electrons. The molecular formula is C21H20N4O4S. The van der Waals surface area contributed by atoms with Gasteiger partial charge in [-0.2, -0.15) is 0 Å². The zero-order valence-corrected chi connectivity index (χ0v) is 16.9. The van der Waals surface area contributed by atoms with Crippen LogP contribution in [0.15, 0.2) is 54.6 Å². The van der Waals surface area contributed by atoms with Crippen molar-refractivity contribution in [1.29, 1.82) is 0 Å². The Hall–Kier alpha value is -3.30. The molecule has 4 rings (SSSR count). The maximum atomic E-state index is 13.0. The number of anilines is 2. The third-order valence-electron chi connectivity index (χ3n) is 4.72. The van der Waals surface area contributed by atoms with Crippen LogP contribution < -0.4 is 10.6 Å². The van der Waals surface area contributed by atoms with Crippen molar-refractivity contribution in [3.05, 3.63) is 69.6 Å². The fourth-order valence-corrected chi connectivity index (χ4v) is 4.09. The van der Waals surface area contributed by atoms with Gasteiger partial charge in [0.05, 0.1) is 16.7 Å². The first-order valence-corrected chi connectivity index (χ1v) is 10.4. The predicted octanol–water partition coefficient (Wildman–Crippen LogP) is 4.56. The van der Waals surface area contributed by atoms with Gasteiger partial charge < -0.3 is 15.4 Å². The van der Waals surface area contributed by atoms with Gasteiger partial charge in [0.1, 0.15) is 4.88 Å². The van der Waals surface area contributed by atoms with Gasteiger partial charge in [-0.05, 0) is 37.1 Å². The summed E-state index contributed by atoms with van der Waals surface area (Å²) in [5.41, 5.74) is 1.79. The fraction of sp³-hybridized carbons (Fsp3) is 0.238. The summed E-state index contributed by atoms with van der Waals surface area (Å²) in [4.78, 5) is 28.5. The Bertz CT molecular complexity index is 1030. The van der Waals surface area contributed by atoms with Crippen LogP contribution in [0, 0.1) is 10.1 Å². The van der Waals surface area contributed by atoms with Gasteiger partial charge in [-0.15, -0.1) is 0 Å². The number of nitrogens with zero attached hydrogens (tertiary/aromatic N) is 2. The van der Waals surface area contributed by atoms with Crippen molar-refractivity contribution in [2.45, 2.75) is 18.9 Å². The summed E-state index contributed by atoms with van der Waals surface area (Å²) in [6.45, 7) is 1.38. The monoisotopic (exact) mass is 424 g/mol. The number of hydrogen-bond acceptors (Lipinski definition) is 7. The van der Waals surface area contributed by atoms with E-state index in [1.807, 2.05) is 18.2 Å². The van der Waals surface area contributed by atoms with Gasteiger partial charge >= 0.3 is 0 Å². The molecule has 1 atom stereocenters. The van der Waals surface area contributed by atoms with Crippen LogP contribution in [0.25, 0.3) is 11.3 Å². The molecule has 0 spiro atoms. The lowest BCUT2D eigenvalue weighted by Crippen LogP contribution is -2.18. The number of nitro groups is 1. The fourth-order valence-electron chi connectivity index (χ4n) is 3.20. The number of non-ortho nitro benzene ring substituents is 1. The second-order valence-corrected chi connectivity index (χ2v) is 7.84. The normalized spacial score (nSPS) is 15.7. The summed E-state index contributed by atoms with van der Waals surface area (Å²) in [5.74, 6) is -0.280. The lowest BCUT2D eigenvalue weighted by molar-refractivity contribution is -0.384. The van der Waals surface area contributed by atoms with E-state index in [1.165, 1.54) is 23.5 Å². The van der Waals surface area contributed by atoms with Crippen LogP contribution in [0.2, 0.25) is 0 Å². The Morgan fingerprint density at radius 2 is 1.97 bits per heavy atom. The molecule has 0 bridgehead atoms. The van der Waals surface area contributed by atoms with E-state index in [9.17, 15) is 14.9 Å². The van der Waals surface area contributed by atoms with Crippen molar-refractivity contribution < 1.29 is 14.5 Å². The molecule has 2 aromatic carbocycles. The lowest BCUT2D eigenvalue weighted by atomic mass is 10.1. The number of nitrogens with one attached hydrogen (secondary N) is 2. The standard InChI is InChI=1S/C21H20N4O4S/c26-20(23-15-5-2-1-3-6-15)19-18(14-8-10-16(11-9-14)25(27)28)24-21(30-19)22-13-17-7-4-12-29-17/h1-3,5-6,8-11,17H,4,7,12-13H2,(H,22,24)(H,23,26). The maximum absolute atomic E-state index is 13.0. The zero-order valence-electron chi connectivity index (χ0n) is 16.0. The van der Waals surface area contributed by atoms with E-state index in [4.69, 9.17) is 4.74 Å². The summed E-state index contributed by atoms with van der Waals surface area (Å²) in [6, 6.07) is 15.2. The minimum absolute atomic E-state index is 0.0130. The molecule has 2 heterocycles. The molecule has 1 fully saturated rings. The molecule has 0 saturated carbocycles. The highest BCUT2D eigenvalue weighted by molar-refractivity contribution is 7.18. The van der Waals surface area contributed by atoms with Gasteiger partial charge in [-0.1, -0.05) is 29.5 Å². The first-order chi connectivity index (χ1) is 14.6. The minimum atomic E-state index is -0.456. The van der Waals surface area contributed by atoms with Crippen molar-refractivity contribution in [2.75, 3.05) is 23.8 Å². The number of rotatable bonds is 7. The molecule has 9 heteroatoms. The van der Waals surface area contributed by atoms with Crippen molar-refractivity contribution in [1.82, 2.24) is 4.98 Å². The first-order valence-electron chi connectivity index (χ1n) is 9.57. The van der Waals surface area contributed by atoms with Crippen LogP contribution in [0.3, 0.4) is 0 Å². The highest BCUT2D eigenvalue weighted by Crippen LogP contribution is 2.33. The van der Waals surface area contributed by atoms with E-state index < -0.39 is 4.92 Å². The van der Waals surface area contributed by atoms with Gasteiger partial charge in [0.2, 0.25) is 0 Å². The molecule has 2 N–H and O–H groups in total. The predicted molar refractivity (Wildman–Crippen MR) is 116 cm³/mol. The topological polar surface area (TPSA) is 106 Å². The summed E-state index contributed by atoms with van der Waals surface area (Å²) in [7, 11) is 0. The third-order valence-corrected chi connectivity index (χ3v) is 5.73. The number of aromatic nitrogens is 1. The summed E-state index contributed by atoms with van der Waals surface area (Å²) in [6.07, 6.45) is 2.18. The van der Waals surface area contributed by atoms with Gasteiger partial charge in [-0.3, -0.25) is 14.9 Å². The highest BCUT2D eigenvalue weighted by atomic mass is 32.1. The average Bonchev–Trinajstić information content (AvgIpc) is 3.43. The maximum Gasteiger partial charge on any atom is 0.269 e. The third kappa shape index (κ3) is 4.64.